The van der Waals surface area contributed by atoms with Gasteiger partial charge in [-0.25, -0.2) is 4.57 Å². The minimum Gasteiger partial charge on any atom is -0.462 e. The molecule has 0 aromatic carbocycles. The summed E-state index contributed by atoms with van der Waals surface area (Å²) in [5, 5.41) is 50.1. The number of phosphoric acid groups is 1. The summed E-state index contributed by atoms with van der Waals surface area (Å²) < 4.78 is 33.5. The second-order valence-corrected chi connectivity index (χ2v) is 17.7. The SMILES string of the molecule is CCCCCC/C=C/CCCCCCCCCC(=O)OC[C@H](COP(=O)(O)OC1C(O)C(O)C(O)[C@@H](O)C1O)OC(=O)CCCCCCCCC/C=C/CCCCCC. The minimum absolute atomic E-state index is 0.0924. The highest BCUT2D eigenvalue weighted by Crippen LogP contribution is 2.47. The first-order valence-electron chi connectivity index (χ1n) is 23.1. The van der Waals surface area contributed by atoms with E-state index in [1.165, 1.54) is 83.5 Å². The summed E-state index contributed by atoms with van der Waals surface area (Å²) in [4.78, 5) is 35.7. The van der Waals surface area contributed by atoms with Crippen molar-refractivity contribution < 1.29 is 63.1 Å². The van der Waals surface area contributed by atoms with Gasteiger partial charge in [0, 0.05) is 12.8 Å². The van der Waals surface area contributed by atoms with Crippen molar-refractivity contribution in [2.45, 2.75) is 236 Å². The molecule has 0 bridgehead atoms. The van der Waals surface area contributed by atoms with Crippen LogP contribution >= 0.6 is 7.82 Å². The van der Waals surface area contributed by atoms with Crippen LogP contribution in [0, 0.1) is 0 Å². The highest BCUT2D eigenvalue weighted by molar-refractivity contribution is 7.47. The van der Waals surface area contributed by atoms with Crippen molar-refractivity contribution in [3.05, 3.63) is 24.3 Å². The van der Waals surface area contributed by atoms with Crippen LogP contribution in [0.2, 0.25) is 0 Å². The summed E-state index contributed by atoms with van der Waals surface area (Å²) in [5.74, 6) is -1.11. The van der Waals surface area contributed by atoms with E-state index in [4.69, 9.17) is 18.5 Å². The van der Waals surface area contributed by atoms with Crippen LogP contribution in [0.25, 0.3) is 0 Å². The number of esters is 2. The van der Waals surface area contributed by atoms with Gasteiger partial charge < -0.3 is 39.9 Å². The highest BCUT2D eigenvalue weighted by Gasteiger charge is 2.51. The lowest BCUT2D eigenvalue weighted by atomic mass is 9.85. The largest absolute Gasteiger partial charge is 0.472 e. The van der Waals surface area contributed by atoms with E-state index in [-0.39, 0.29) is 12.8 Å². The predicted molar refractivity (Wildman–Crippen MR) is 230 cm³/mol. The zero-order valence-electron chi connectivity index (χ0n) is 36.6. The van der Waals surface area contributed by atoms with Crippen molar-refractivity contribution in [1.82, 2.24) is 0 Å². The lowest BCUT2D eigenvalue weighted by Gasteiger charge is -2.41. The molecule has 1 saturated carbocycles. The van der Waals surface area contributed by atoms with Gasteiger partial charge in [0.15, 0.2) is 6.10 Å². The molecule has 0 aromatic rings. The van der Waals surface area contributed by atoms with Gasteiger partial charge in [-0.1, -0.05) is 141 Å². The first-order chi connectivity index (χ1) is 28.4. The molecular formula is C45H83O13P. The van der Waals surface area contributed by atoms with Crippen LogP contribution in [0.4, 0.5) is 0 Å². The second-order valence-electron chi connectivity index (χ2n) is 16.3. The molecular weight excluding hydrogens is 779 g/mol. The first kappa shape index (κ1) is 55.3. The molecule has 1 aliphatic rings. The smallest absolute Gasteiger partial charge is 0.462 e. The van der Waals surface area contributed by atoms with Gasteiger partial charge in [-0.2, -0.15) is 0 Å². The Balaban J connectivity index is 2.46. The van der Waals surface area contributed by atoms with Gasteiger partial charge in [0.2, 0.25) is 0 Å². The number of unbranched alkanes of at least 4 members (excludes halogenated alkanes) is 22. The van der Waals surface area contributed by atoms with Gasteiger partial charge in [0.1, 0.15) is 43.2 Å². The molecule has 346 valence electrons. The number of carbonyl (C=O) groups is 2. The third-order valence-electron chi connectivity index (χ3n) is 10.8. The Hall–Kier alpha value is -1.67. The van der Waals surface area contributed by atoms with Crippen molar-refractivity contribution in [2.75, 3.05) is 13.2 Å². The van der Waals surface area contributed by atoms with Crippen molar-refractivity contribution in [3.63, 3.8) is 0 Å². The lowest BCUT2D eigenvalue weighted by Crippen LogP contribution is -2.64. The highest BCUT2D eigenvalue weighted by atomic mass is 31.2. The van der Waals surface area contributed by atoms with E-state index in [0.717, 1.165) is 70.6 Å². The monoisotopic (exact) mass is 863 g/mol. The van der Waals surface area contributed by atoms with Gasteiger partial charge in [-0.3, -0.25) is 18.6 Å². The van der Waals surface area contributed by atoms with E-state index in [2.05, 4.69) is 38.2 Å². The Morgan fingerprint density at radius 3 is 1.29 bits per heavy atom. The van der Waals surface area contributed by atoms with Crippen LogP contribution in [-0.2, 0) is 32.7 Å². The molecule has 6 N–H and O–H groups in total. The number of aliphatic hydroxyl groups excluding tert-OH is 5. The maximum absolute atomic E-state index is 12.8. The maximum Gasteiger partial charge on any atom is 0.472 e. The van der Waals surface area contributed by atoms with Crippen molar-refractivity contribution >= 4 is 19.8 Å². The summed E-state index contributed by atoms with van der Waals surface area (Å²) >= 11 is 0. The molecule has 13 nitrogen and oxygen atoms in total. The molecule has 1 aliphatic carbocycles. The zero-order chi connectivity index (χ0) is 43.6. The summed E-state index contributed by atoms with van der Waals surface area (Å²) in [7, 11) is -5.12. The third kappa shape index (κ3) is 28.5. The number of hydrogen-bond donors (Lipinski definition) is 6. The van der Waals surface area contributed by atoms with Crippen molar-refractivity contribution in [2.24, 2.45) is 0 Å². The van der Waals surface area contributed by atoms with Crippen LogP contribution in [0.3, 0.4) is 0 Å². The topological polar surface area (TPSA) is 210 Å². The molecule has 0 heterocycles. The van der Waals surface area contributed by atoms with Gasteiger partial charge in [0.25, 0.3) is 0 Å². The fourth-order valence-corrected chi connectivity index (χ4v) is 7.95. The minimum atomic E-state index is -5.12. The molecule has 0 amide bonds. The van der Waals surface area contributed by atoms with E-state index in [9.17, 15) is 44.6 Å². The number of rotatable bonds is 38. The normalized spacial score (nSPS) is 22.5. The summed E-state index contributed by atoms with van der Waals surface area (Å²) in [6, 6.07) is 0. The molecule has 1 rings (SSSR count). The van der Waals surface area contributed by atoms with E-state index < -0.39 is 75.7 Å². The predicted octanol–water partition coefficient (Wildman–Crippen LogP) is 8.84. The number of aliphatic hydroxyl groups is 5. The van der Waals surface area contributed by atoms with Crippen LogP contribution in [0.15, 0.2) is 24.3 Å². The molecule has 0 aromatic heterocycles. The Morgan fingerprint density at radius 2 is 0.864 bits per heavy atom. The standard InChI is InChI=1S/C45H83O13P/c1-3-5-7-9-11-13-15-17-19-21-23-25-27-29-31-33-38(46)55-35-37(36-56-59(53,54)58-45-43(51)41(49)40(48)42(50)44(45)52)57-39(47)34-32-30-28-26-24-22-20-18-16-14-12-10-8-6-4-2/h13-16,37,40-45,48-52H,3-12,17-36H2,1-2H3,(H,53,54)/b15-13+,16-14+/t37-,40?,41-,42?,43?,44?,45?/m1/s1. The lowest BCUT2D eigenvalue weighted by molar-refractivity contribution is -0.220. The van der Waals surface area contributed by atoms with Crippen LogP contribution in [-0.4, -0.2) is 98.3 Å². The number of carbonyl (C=O) groups excluding carboxylic acids is 2. The van der Waals surface area contributed by atoms with Crippen LogP contribution in [0.1, 0.15) is 194 Å². The third-order valence-corrected chi connectivity index (χ3v) is 11.8. The molecule has 0 aliphatic heterocycles. The molecule has 0 saturated heterocycles. The number of ether oxygens (including phenoxy) is 2. The van der Waals surface area contributed by atoms with E-state index in [1.54, 1.807) is 0 Å². The Bertz CT molecular complexity index is 1130. The number of hydrogen-bond acceptors (Lipinski definition) is 12. The maximum atomic E-state index is 12.8. The summed E-state index contributed by atoms with van der Waals surface area (Å²) in [5.41, 5.74) is 0. The Kier molecular flexibility index (Phi) is 33.7. The van der Waals surface area contributed by atoms with Gasteiger partial charge in [-0.05, 0) is 64.2 Å². The molecule has 8 atom stereocenters. The average molecular weight is 863 g/mol. The molecule has 0 radical (unpaired) electrons. The van der Waals surface area contributed by atoms with Crippen molar-refractivity contribution in [3.8, 4) is 0 Å². The average Bonchev–Trinajstić information content (AvgIpc) is 3.21. The van der Waals surface area contributed by atoms with Crippen molar-refractivity contribution in [1.29, 1.82) is 0 Å². The van der Waals surface area contributed by atoms with Gasteiger partial charge in [-0.15, -0.1) is 0 Å². The molecule has 6 unspecified atom stereocenters. The molecule has 14 heteroatoms. The summed E-state index contributed by atoms with van der Waals surface area (Å²) in [6.45, 7) is 3.27. The van der Waals surface area contributed by atoms with E-state index >= 15 is 0 Å². The Labute approximate surface area is 356 Å². The van der Waals surface area contributed by atoms with E-state index in [1.807, 2.05) is 0 Å². The zero-order valence-corrected chi connectivity index (χ0v) is 37.4. The fourth-order valence-electron chi connectivity index (χ4n) is 6.98. The molecule has 59 heavy (non-hydrogen) atoms. The number of allylic oxidation sites excluding steroid dienone is 4. The first-order valence-corrected chi connectivity index (χ1v) is 24.6. The summed E-state index contributed by atoms with van der Waals surface area (Å²) in [6.07, 6.45) is 25.1. The van der Waals surface area contributed by atoms with Crippen LogP contribution in [0.5, 0.6) is 0 Å². The second kappa shape index (κ2) is 35.9. The van der Waals surface area contributed by atoms with E-state index in [0.29, 0.717) is 12.8 Å². The van der Waals surface area contributed by atoms with Crippen LogP contribution < -0.4 is 0 Å². The quantitative estimate of drug-likeness (QED) is 0.0149. The van der Waals surface area contributed by atoms with Gasteiger partial charge in [0.05, 0.1) is 6.61 Å². The Morgan fingerprint density at radius 1 is 0.508 bits per heavy atom. The molecule has 0 spiro atoms. The number of phosphoric ester groups is 1. The fraction of sp³-hybridized carbons (Fsp3) is 0.867. The van der Waals surface area contributed by atoms with Gasteiger partial charge >= 0.3 is 19.8 Å². The molecule has 1 fully saturated rings.